The highest BCUT2D eigenvalue weighted by Crippen LogP contribution is 2.65. The van der Waals surface area contributed by atoms with E-state index in [0.29, 0.717) is 30.1 Å². The van der Waals surface area contributed by atoms with Gasteiger partial charge in [0.2, 0.25) is 0 Å². The Bertz CT molecular complexity index is 1110. The van der Waals surface area contributed by atoms with Crippen LogP contribution in [0.3, 0.4) is 0 Å². The lowest BCUT2D eigenvalue weighted by atomic mass is 9.47. The molecule has 6 nitrogen and oxygen atoms in total. The van der Waals surface area contributed by atoms with Gasteiger partial charge in [-0.25, -0.2) is 0 Å². The van der Waals surface area contributed by atoms with Gasteiger partial charge in [-0.15, -0.1) is 0 Å². The quantitative estimate of drug-likeness (QED) is 0.127. The zero-order valence-electron chi connectivity index (χ0n) is 22.7. The first-order valence-corrected chi connectivity index (χ1v) is 14.1. The summed E-state index contributed by atoms with van der Waals surface area (Å²) in [6.45, 7) is 11.9. The van der Waals surface area contributed by atoms with E-state index in [0.717, 1.165) is 38.1 Å². The normalized spacial score (nSPS) is 36.4. The summed E-state index contributed by atoms with van der Waals surface area (Å²) in [7, 11) is 0. The molecule has 0 N–H and O–H groups in total. The topological polar surface area (TPSA) is 78.3 Å². The molecule has 0 spiro atoms. The maximum atomic E-state index is 11.8. The van der Waals surface area contributed by atoms with Crippen LogP contribution in [0.25, 0.3) is 10.4 Å². The van der Waals surface area contributed by atoms with Crippen LogP contribution >= 0.6 is 0 Å². The number of fused-ring (bicyclic) bond motifs is 5. The lowest BCUT2D eigenvalue weighted by molar-refractivity contribution is -0.157. The molecule has 0 heterocycles. The summed E-state index contributed by atoms with van der Waals surface area (Å²) < 4.78 is 5.84. The van der Waals surface area contributed by atoms with Crippen LogP contribution < -0.4 is 0 Å². The first kappa shape index (κ1) is 26.1. The zero-order valence-corrected chi connectivity index (χ0v) is 22.7. The van der Waals surface area contributed by atoms with Crippen molar-refractivity contribution in [3.8, 4) is 0 Å². The van der Waals surface area contributed by atoms with Crippen LogP contribution in [0.1, 0.15) is 77.7 Å². The number of ether oxygens (including phenoxy) is 1. The fourth-order valence-electron chi connectivity index (χ4n) is 8.78. The molecule has 0 aliphatic heterocycles. The molecule has 5 rings (SSSR count). The molecule has 0 aromatic heterocycles. The Morgan fingerprint density at radius 2 is 1.92 bits per heavy atom. The van der Waals surface area contributed by atoms with Gasteiger partial charge in [0, 0.05) is 42.1 Å². The molecule has 198 valence electrons. The fourth-order valence-corrected chi connectivity index (χ4v) is 8.78. The van der Waals surface area contributed by atoms with Crippen LogP contribution in [-0.4, -0.2) is 29.6 Å². The molecular formula is C31H42N4O2. The van der Waals surface area contributed by atoms with Crippen molar-refractivity contribution >= 4 is 5.97 Å². The molecule has 3 saturated carbocycles. The number of benzene rings is 1. The predicted molar refractivity (Wildman–Crippen MR) is 146 cm³/mol. The minimum absolute atomic E-state index is 0.0899. The maximum Gasteiger partial charge on any atom is 0.302 e. The number of carbonyl (C=O) groups is 1. The van der Waals surface area contributed by atoms with Gasteiger partial charge >= 0.3 is 5.97 Å². The van der Waals surface area contributed by atoms with Crippen molar-refractivity contribution in [3.05, 3.63) is 70.3 Å². The van der Waals surface area contributed by atoms with E-state index < -0.39 is 0 Å². The molecule has 0 amide bonds. The smallest absolute Gasteiger partial charge is 0.302 e. The van der Waals surface area contributed by atoms with Crippen molar-refractivity contribution in [1.29, 1.82) is 0 Å². The number of carbonyl (C=O) groups excluding carboxylic acids is 1. The Morgan fingerprint density at radius 1 is 1.14 bits per heavy atom. The Balaban J connectivity index is 1.37. The first-order chi connectivity index (χ1) is 17.7. The van der Waals surface area contributed by atoms with Crippen molar-refractivity contribution in [2.45, 2.75) is 90.8 Å². The molecular weight excluding hydrogens is 460 g/mol. The largest absolute Gasteiger partial charge is 0.462 e. The molecule has 0 bridgehead atoms. The molecule has 0 radical (unpaired) electrons. The number of azide groups is 1. The lowest BCUT2D eigenvalue weighted by Crippen LogP contribution is -2.52. The molecule has 4 aliphatic rings. The second-order valence-corrected chi connectivity index (χ2v) is 12.5. The van der Waals surface area contributed by atoms with E-state index in [2.05, 4.69) is 65.7 Å². The van der Waals surface area contributed by atoms with Crippen LogP contribution in [0.5, 0.6) is 0 Å². The summed E-state index contributed by atoms with van der Waals surface area (Å²) in [6, 6.07) is 10.9. The molecule has 37 heavy (non-hydrogen) atoms. The number of rotatable bonds is 7. The Morgan fingerprint density at radius 3 is 2.65 bits per heavy atom. The highest BCUT2D eigenvalue weighted by Gasteiger charge is 2.60. The van der Waals surface area contributed by atoms with Crippen molar-refractivity contribution in [1.82, 2.24) is 4.90 Å². The molecule has 4 aliphatic carbocycles. The molecule has 6 heteroatoms. The maximum absolute atomic E-state index is 11.8. The zero-order chi connectivity index (χ0) is 26.2. The van der Waals surface area contributed by atoms with E-state index in [1.807, 2.05) is 6.07 Å². The Hall–Kier alpha value is -2.56. The summed E-state index contributed by atoms with van der Waals surface area (Å²) in [5, 5.41) is 3.80. The molecule has 7 atom stereocenters. The van der Waals surface area contributed by atoms with Gasteiger partial charge in [0.15, 0.2) is 0 Å². The SMILES string of the molecule is C=C(CN(Cc1ccccc1)[C@@H]1C=C2CC[C@H]3[C@@H]4CC[C@H](OC(C)=O)[C@@]4(C)CC[C@@H]3[C@@]2(C)CC1)N=[N+]=[N-]. The lowest BCUT2D eigenvalue weighted by Gasteiger charge is -2.58. The van der Waals surface area contributed by atoms with Gasteiger partial charge in [-0.3, -0.25) is 9.69 Å². The third-order valence-electron chi connectivity index (χ3n) is 10.6. The molecule has 0 saturated heterocycles. The van der Waals surface area contributed by atoms with Gasteiger partial charge in [-0.05, 0) is 85.6 Å². The van der Waals surface area contributed by atoms with E-state index in [9.17, 15) is 4.79 Å². The number of hydrogen-bond donors (Lipinski definition) is 0. The van der Waals surface area contributed by atoms with E-state index in [-0.39, 0.29) is 22.9 Å². The van der Waals surface area contributed by atoms with E-state index in [4.69, 9.17) is 10.3 Å². The van der Waals surface area contributed by atoms with Gasteiger partial charge < -0.3 is 4.74 Å². The van der Waals surface area contributed by atoms with Gasteiger partial charge in [0.1, 0.15) is 6.10 Å². The summed E-state index contributed by atoms with van der Waals surface area (Å²) >= 11 is 0. The molecule has 3 fully saturated rings. The van der Waals surface area contributed by atoms with E-state index in [1.165, 1.54) is 31.2 Å². The van der Waals surface area contributed by atoms with Crippen molar-refractivity contribution in [2.24, 2.45) is 33.7 Å². The van der Waals surface area contributed by atoms with Crippen molar-refractivity contribution in [3.63, 3.8) is 0 Å². The third-order valence-corrected chi connectivity index (χ3v) is 10.6. The predicted octanol–water partition coefficient (Wildman–Crippen LogP) is 7.58. The fraction of sp³-hybridized carbons (Fsp3) is 0.645. The van der Waals surface area contributed by atoms with Crippen LogP contribution in [0.2, 0.25) is 0 Å². The summed E-state index contributed by atoms with van der Waals surface area (Å²) in [4.78, 5) is 17.2. The first-order valence-electron chi connectivity index (χ1n) is 14.1. The highest BCUT2D eigenvalue weighted by atomic mass is 16.5. The third kappa shape index (κ3) is 4.86. The number of allylic oxidation sites excluding steroid dienone is 1. The van der Waals surface area contributed by atoms with E-state index >= 15 is 0 Å². The van der Waals surface area contributed by atoms with Gasteiger partial charge in [0.05, 0.1) is 0 Å². The van der Waals surface area contributed by atoms with Gasteiger partial charge in [0.25, 0.3) is 0 Å². The molecule has 1 aromatic rings. The van der Waals surface area contributed by atoms with Crippen LogP contribution in [0.15, 0.2) is 59.4 Å². The number of nitrogens with zero attached hydrogens (tertiary/aromatic N) is 4. The van der Waals surface area contributed by atoms with Gasteiger partial charge in [-0.1, -0.05) is 67.5 Å². The van der Waals surface area contributed by atoms with Crippen LogP contribution in [0.4, 0.5) is 0 Å². The summed E-state index contributed by atoms with van der Waals surface area (Å²) in [6.07, 6.45) is 12.0. The van der Waals surface area contributed by atoms with Crippen LogP contribution in [0, 0.1) is 28.6 Å². The Labute approximate surface area is 221 Å². The molecule has 0 unspecified atom stereocenters. The minimum atomic E-state index is -0.128. The number of esters is 1. The number of hydrogen-bond acceptors (Lipinski definition) is 4. The summed E-state index contributed by atoms with van der Waals surface area (Å²) in [5.74, 6) is 1.97. The van der Waals surface area contributed by atoms with Crippen LogP contribution in [-0.2, 0) is 16.1 Å². The average Bonchev–Trinajstić information content (AvgIpc) is 3.19. The second-order valence-electron chi connectivity index (χ2n) is 12.5. The average molecular weight is 503 g/mol. The summed E-state index contributed by atoms with van der Waals surface area (Å²) in [5.41, 5.74) is 12.8. The van der Waals surface area contributed by atoms with Crippen molar-refractivity contribution in [2.75, 3.05) is 6.54 Å². The van der Waals surface area contributed by atoms with E-state index in [1.54, 1.807) is 12.5 Å². The second kappa shape index (κ2) is 10.3. The van der Waals surface area contributed by atoms with Gasteiger partial charge in [-0.2, -0.15) is 0 Å². The Kier molecular flexibility index (Phi) is 7.26. The van der Waals surface area contributed by atoms with Crippen molar-refractivity contribution < 1.29 is 9.53 Å². The highest BCUT2D eigenvalue weighted by molar-refractivity contribution is 5.66. The standard InChI is InChI=1S/C31H42N4O2/c1-21(33-34-32)19-35(20-23-8-6-5-7-9-23)25-14-16-30(3)24(18-25)10-11-26-27-12-13-29(37-22(2)36)31(27,4)17-15-28(26)30/h5-9,18,25-29H,1,10-17,19-20H2,2-4H3/t25-,26-,27-,28-,29-,30-,31-/m0/s1. The monoisotopic (exact) mass is 502 g/mol. The minimum Gasteiger partial charge on any atom is -0.462 e. The molecule has 1 aromatic carbocycles.